The molecule has 2 heteroatoms. The van der Waals surface area contributed by atoms with Crippen molar-refractivity contribution in [2.75, 3.05) is 0 Å². The zero-order valence-electron chi connectivity index (χ0n) is 13.2. The van der Waals surface area contributed by atoms with Crippen molar-refractivity contribution in [3.63, 3.8) is 0 Å². The average molecular weight is 268 g/mol. The van der Waals surface area contributed by atoms with Crippen LogP contribution in [0.2, 0.25) is 0 Å². The van der Waals surface area contributed by atoms with Crippen molar-refractivity contribution in [2.45, 2.75) is 79.1 Å². The summed E-state index contributed by atoms with van der Waals surface area (Å²) in [6, 6.07) is 0. The fourth-order valence-electron chi connectivity index (χ4n) is 2.72. The normalized spacial score (nSPS) is 15.3. The molecule has 0 saturated carbocycles. The molecule has 0 aliphatic heterocycles. The highest BCUT2D eigenvalue weighted by atomic mass is 16.4. The molecule has 2 unspecified atom stereocenters. The summed E-state index contributed by atoms with van der Waals surface area (Å²) in [6.45, 7) is 8.56. The first-order valence-corrected chi connectivity index (χ1v) is 7.97. The number of carboxylic acid groups (broad SMARTS) is 1. The third kappa shape index (κ3) is 7.39. The zero-order valence-corrected chi connectivity index (χ0v) is 13.2. The van der Waals surface area contributed by atoms with Crippen LogP contribution in [0.15, 0.2) is 11.6 Å². The Hall–Kier alpha value is -0.790. The van der Waals surface area contributed by atoms with Gasteiger partial charge in [-0.05, 0) is 32.1 Å². The number of allylic oxidation sites excluding steroid dienone is 2. The summed E-state index contributed by atoms with van der Waals surface area (Å²) in [5.41, 5.74) is 1.28. The van der Waals surface area contributed by atoms with Crippen LogP contribution in [-0.2, 0) is 4.79 Å². The van der Waals surface area contributed by atoms with E-state index < -0.39 is 5.97 Å². The minimum absolute atomic E-state index is 0.200. The highest BCUT2D eigenvalue weighted by Gasteiger charge is 2.27. The maximum atomic E-state index is 11.5. The molecule has 0 aromatic heterocycles. The number of hydrogen-bond acceptors (Lipinski definition) is 1. The molecular formula is C17H32O2. The van der Waals surface area contributed by atoms with Crippen LogP contribution >= 0.6 is 0 Å². The van der Waals surface area contributed by atoms with E-state index in [4.69, 9.17) is 0 Å². The fraction of sp³-hybridized carbons (Fsp3) is 0.824. The number of aliphatic carboxylic acids is 1. The van der Waals surface area contributed by atoms with Crippen LogP contribution in [0.4, 0.5) is 0 Å². The molecule has 1 N–H and O–H groups in total. The Balaban J connectivity index is 4.63. The van der Waals surface area contributed by atoms with Gasteiger partial charge in [0.2, 0.25) is 0 Å². The van der Waals surface area contributed by atoms with Crippen molar-refractivity contribution < 1.29 is 9.90 Å². The maximum absolute atomic E-state index is 11.5. The summed E-state index contributed by atoms with van der Waals surface area (Å²) in [5.74, 6) is -0.605. The predicted molar refractivity (Wildman–Crippen MR) is 82.3 cm³/mol. The molecule has 0 radical (unpaired) electrons. The highest BCUT2D eigenvalue weighted by Crippen LogP contribution is 2.29. The Morgan fingerprint density at radius 1 is 1.05 bits per heavy atom. The molecular weight excluding hydrogens is 236 g/mol. The van der Waals surface area contributed by atoms with Crippen molar-refractivity contribution in [1.82, 2.24) is 0 Å². The number of carboxylic acids is 1. The molecule has 0 rings (SSSR count). The third-order valence-corrected chi connectivity index (χ3v) is 3.97. The second kappa shape index (κ2) is 11.1. The molecule has 0 aromatic carbocycles. The van der Waals surface area contributed by atoms with E-state index in [9.17, 15) is 9.90 Å². The first-order chi connectivity index (χ1) is 9.08. The fourth-order valence-corrected chi connectivity index (χ4v) is 2.72. The Morgan fingerprint density at radius 3 is 2.16 bits per heavy atom. The van der Waals surface area contributed by atoms with Crippen LogP contribution in [-0.4, -0.2) is 11.1 Å². The van der Waals surface area contributed by atoms with Crippen molar-refractivity contribution in [1.29, 1.82) is 0 Å². The van der Waals surface area contributed by atoms with Gasteiger partial charge in [0, 0.05) is 0 Å². The molecule has 19 heavy (non-hydrogen) atoms. The van der Waals surface area contributed by atoms with Crippen molar-refractivity contribution in [2.24, 2.45) is 11.8 Å². The van der Waals surface area contributed by atoms with Gasteiger partial charge in [0.1, 0.15) is 0 Å². The first kappa shape index (κ1) is 18.2. The van der Waals surface area contributed by atoms with Gasteiger partial charge in [-0.1, -0.05) is 64.5 Å². The summed E-state index contributed by atoms with van der Waals surface area (Å²) in [4.78, 5) is 11.5. The summed E-state index contributed by atoms with van der Waals surface area (Å²) in [7, 11) is 0. The maximum Gasteiger partial charge on any atom is 0.307 e. The van der Waals surface area contributed by atoms with E-state index in [0.29, 0.717) is 0 Å². The van der Waals surface area contributed by atoms with Gasteiger partial charge < -0.3 is 5.11 Å². The summed E-state index contributed by atoms with van der Waals surface area (Å²) in [6.07, 6.45) is 10.8. The lowest BCUT2D eigenvalue weighted by Gasteiger charge is -2.24. The quantitative estimate of drug-likeness (QED) is 0.401. The molecule has 0 spiro atoms. The number of hydrogen-bond donors (Lipinski definition) is 1. The summed E-state index contributed by atoms with van der Waals surface area (Å²) >= 11 is 0. The average Bonchev–Trinajstić information content (AvgIpc) is 2.38. The van der Waals surface area contributed by atoms with Crippen molar-refractivity contribution in [3.8, 4) is 0 Å². The smallest absolute Gasteiger partial charge is 0.307 e. The van der Waals surface area contributed by atoms with Gasteiger partial charge in [0.15, 0.2) is 0 Å². The summed E-state index contributed by atoms with van der Waals surface area (Å²) < 4.78 is 0. The zero-order chi connectivity index (χ0) is 14.7. The van der Waals surface area contributed by atoms with Crippen molar-refractivity contribution in [3.05, 3.63) is 11.6 Å². The molecule has 0 saturated heterocycles. The lowest BCUT2D eigenvalue weighted by molar-refractivity contribution is -0.143. The van der Waals surface area contributed by atoms with E-state index in [-0.39, 0.29) is 11.8 Å². The standard InChI is InChI=1S/C17H32O2/c1-5-8-10-12-14(4)15(7-3)16(17(18)19)13-11-9-6-2/h12,15-16H,5-11,13H2,1-4H3,(H,18,19). The lowest BCUT2D eigenvalue weighted by atomic mass is 9.81. The second-order valence-electron chi connectivity index (χ2n) is 5.55. The molecule has 0 aliphatic carbocycles. The summed E-state index contributed by atoms with van der Waals surface area (Å²) in [5, 5.41) is 9.47. The van der Waals surface area contributed by atoms with Crippen LogP contribution < -0.4 is 0 Å². The van der Waals surface area contributed by atoms with Gasteiger partial charge in [-0.25, -0.2) is 0 Å². The van der Waals surface area contributed by atoms with Gasteiger partial charge in [-0.3, -0.25) is 4.79 Å². The monoisotopic (exact) mass is 268 g/mol. The lowest BCUT2D eigenvalue weighted by Crippen LogP contribution is -2.24. The number of unbranched alkanes of at least 4 members (excludes halogenated alkanes) is 4. The molecule has 0 bridgehead atoms. The van der Waals surface area contributed by atoms with Crippen LogP contribution in [0, 0.1) is 11.8 Å². The van der Waals surface area contributed by atoms with E-state index in [1.807, 2.05) is 0 Å². The van der Waals surface area contributed by atoms with Crippen LogP contribution in [0.25, 0.3) is 0 Å². The highest BCUT2D eigenvalue weighted by molar-refractivity contribution is 5.70. The Kier molecular flexibility index (Phi) is 10.6. The topological polar surface area (TPSA) is 37.3 Å². The SMILES string of the molecule is CCCCC=C(C)C(CC)C(CCCCC)C(=O)O. The predicted octanol–water partition coefficient (Wildman–Crippen LogP) is 5.43. The molecule has 0 amide bonds. The minimum atomic E-state index is -0.619. The second-order valence-corrected chi connectivity index (χ2v) is 5.55. The van der Waals surface area contributed by atoms with E-state index in [1.54, 1.807) is 0 Å². The molecule has 112 valence electrons. The van der Waals surface area contributed by atoms with Crippen molar-refractivity contribution >= 4 is 5.97 Å². The van der Waals surface area contributed by atoms with Gasteiger partial charge in [-0.15, -0.1) is 0 Å². The van der Waals surface area contributed by atoms with E-state index in [0.717, 1.165) is 38.5 Å². The number of carbonyl (C=O) groups is 1. The number of rotatable bonds is 11. The van der Waals surface area contributed by atoms with Crippen LogP contribution in [0.5, 0.6) is 0 Å². The van der Waals surface area contributed by atoms with E-state index in [1.165, 1.54) is 18.4 Å². The van der Waals surface area contributed by atoms with Crippen LogP contribution in [0.3, 0.4) is 0 Å². The minimum Gasteiger partial charge on any atom is -0.481 e. The first-order valence-electron chi connectivity index (χ1n) is 7.97. The molecule has 2 atom stereocenters. The molecule has 0 aromatic rings. The largest absolute Gasteiger partial charge is 0.481 e. The van der Waals surface area contributed by atoms with E-state index >= 15 is 0 Å². The van der Waals surface area contributed by atoms with Gasteiger partial charge >= 0.3 is 5.97 Å². The Morgan fingerprint density at radius 2 is 1.68 bits per heavy atom. The third-order valence-electron chi connectivity index (χ3n) is 3.97. The Labute approximate surface area is 119 Å². The molecule has 2 nitrogen and oxygen atoms in total. The van der Waals surface area contributed by atoms with E-state index in [2.05, 4.69) is 33.8 Å². The van der Waals surface area contributed by atoms with Crippen LogP contribution in [0.1, 0.15) is 79.1 Å². The molecule has 0 heterocycles. The molecule has 0 fully saturated rings. The Bertz CT molecular complexity index is 268. The van der Waals surface area contributed by atoms with Gasteiger partial charge in [0.25, 0.3) is 0 Å². The molecule has 0 aliphatic rings. The van der Waals surface area contributed by atoms with Gasteiger partial charge in [-0.2, -0.15) is 0 Å². The van der Waals surface area contributed by atoms with Gasteiger partial charge in [0.05, 0.1) is 5.92 Å².